The van der Waals surface area contributed by atoms with Crippen molar-refractivity contribution >= 4 is 0 Å². The minimum Gasteiger partial charge on any atom is -0.394 e. The van der Waals surface area contributed by atoms with E-state index in [0.717, 1.165) is 11.5 Å². The van der Waals surface area contributed by atoms with Gasteiger partial charge in [0.15, 0.2) is 11.9 Å². The third kappa shape index (κ3) is 1.94. The Morgan fingerprint density at radius 1 is 1.67 bits per heavy atom. The zero-order chi connectivity index (χ0) is 13.5. The van der Waals surface area contributed by atoms with Gasteiger partial charge in [-0.15, -0.1) is 0 Å². The molecule has 0 saturated carbocycles. The molecule has 4 atom stereocenters. The highest BCUT2D eigenvalue weighted by Gasteiger charge is 2.55. The van der Waals surface area contributed by atoms with Crippen LogP contribution < -0.4 is 5.69 Å². The van der Waals surface area contributed by atoms with Gasteiger partial charge >= 0.3 is 5.69 Å². The van der Waals surface area contributed by atoms with Gasteiger partial charge in [0.1, 0.15) is 12.2 Å². The van der Waals surface area contributed by atoms with Gasteiger partial charge in [0.05, 0.1) is 6.61 Å². The molecule has 0 radical (unpaired) electrons. The Labute approximate surface area is 103 Å². The average Bonchev–Trinajstić information content (AvgIpc) is 2.52. The van der Waals surface area contributed by atoms with Crippen molar-refractivity contribution in [3.8, 4) is 0 Å². The van der Waals surface area contributed by atoms with E-state index in [9.17, 15) is 14.3 Å². The first-order valence-corrected chi connectivity index (χ1v) is 5.57. The molecule has 1 fully saturated rings. The zero-order valence-electron chi connectivity index (χ0n) is 10.1. The molecular formula is C11H15FN2O4. The Hall–Kier alpha value is -1.31. The molecule has 2 N–H and O–H groups in total. The number of aliphatic hydroxyl groups is 2. The monoisotopic (exact) mass is 258 g/mol. The molecule has 6 nitrogen and oxygen atoms in total. The van der Waals surface area contributed by atoms with Crippen LogP contribution in [0, 0.1) is 6.92 Å². The Kier molecular flexibility index (Phi) is 3.22. The van der Waals surface area contributed by atoms with Crippen LogP contribution in [0.1, 0.15) is 18.8 Å². The lowest BCUT2D eigenvalue weighted by Gasteiger charge is -2.24. The summed E-state index contributed by atoms with van der Waals surface area (Å²) in [5.41, 5.74) is -2.32. The molecule has 0 unspecified atom stereocenters. The van der Waals surface area contributed by atoms with Crippen LogP contribution in [0.15, 0.2) is 17.1 Å². The van der Waals surface area contributed by atoms with Crippen molar-refractivity contribution in [3.63, 3.8) is 0 Å². The van der Waals surface area contributed by atoms with Gasteiger partial charge in [-0.3, -0.25) is 4.57 Å². The summed E-state index contributed by atoms with van der Waals surface area (Å²) in [7, 11) is 0. The normalized spacial score (nSPS) is 35.9. The van der Waals surface area contributed by atoms with Gasteiger partial charge in [0, 0.05) is 11.9 Å². The largest absolute Gasteiger partial charge is 0.394 e. The van der Waals surface area contributed by atoms with Crippen molar-refractivity contribution in [2.75, 3.05) is 6.61 Å². The lowest BCUT2D eigenvalue weighted by Crippen LogP contribution is -2.42. The van der Waals surface area contributed by atoms with Crippen LogP contribution in [-0.4, -0.2) is 44.2 Å². The van der Waals surface area contributed by atoms with Crippen molar-refractivity contribution in [1.29, 1.82) is 0 Å². The summed E-state index contributed by atoms with van der Waals surface area (Å²) in [6.07, 6.45) is -2.50. The second kappa shape index (κ2) is 4.42. The Morgan fingerprint density at radius 2 is 2.33 bits per heavy atom. The number of hydrogen-bond donors (Lipinski definition) is 2. The number of halogens is 1. The van der Waals surface area contributed by atoms with Gasteiger partial charge in [0.2, 0.25) is 0 Å². The summed E-state index contributed by atoms with van der Waals surface area (Å²) < 4.78 is 20.6. The Bertz CT molecular complexity index is 502. The van der Waals surface area contributed by atoms with Gasteiger partial charge in [-0.25, -0.2) is 9.18 Å². The number of nitrogens with zero attached hydrogens (tertiary/aromatic N) is 2. The first-order valence-electron chi connectivity index (χ1n) is 5.57. The van der Waals surface area contributed by atoms with Crippen LogP contribution in [0.2, 0.25) is 0 Å². The second-order valence-electron chi connectivity index (χ2n) is 4.56. The topological polar surface area (TPSA) is 84.6 Å². The predicted molar refractivity (Wildman–Crippen MR) is 59.7 cm³/mol. The average molecular weight is 258 g/mol. The first kappa shape index (κ1) is 13.1. The van der Waals surface area contributed by atoms with Crippen LogP contribution >= 0.6 is 0 Å². The molecule has 18 heavy (non-hydrogen) atoms. The standard InChI is InChI=1S/C11H15FN2O4/c1-6-3-4-14(10(17)13-6)9-11(2,12)8(16)7(5-15)18-9/h3-4,7-9,15-16H,5H2,1-2H3/t7-,8-,9-,11-/m1/s1. The fourth-order valence-electron chi connectivity index (χ4n) is 2.04. The lowest BCUT2D eigenvalue weighted by atomic mass is 9.98. The smallest absolute Gasteiger partial charge is 0.349 e. The van der Waals surface area contributed by atoms with Gasteiger partial charge in [-0.1, -0.05) is 0 Å². The van der Waals surface area contributed by atoms with Gasteiger partial charge in [0.25, 0.3) is 0 Å². The summed E-state index contributed by atoms with van der Waals surface area (Å²) in [5, 5.41) is 18.7. The number of hydrogen-bond acceptors (Lipinski definition) is 5. The van der Waals surface area contributed by atoms with Crippen LogP contribution in [0.3, 0.4) is 0 Å². The van der Waals surface area contributed by atoms with Crippen molar-refractivity contribution in [2.45, 2.75) is 38.0 Å². The fraction of sp³-hybridized carbons (Fsp3) is 0.636. The van der Waals surface area contributed by atoms with Crippen molar-refractivity contribution in [1.82, 2.24) is 9.55 Å². The molecule has 1 saturated heterocycles. The maximum Gasteiger partial charge on any atom is 0.349 e. The highest BCUT2D eigenvalue weighted by Crippen LogP contribution is 2.40. The molecule has 0 aliphatic carbocycles. The number of aromatic nitrogens is 2. The maximum atomic E-state index is 14.4. The van der Waals surface area contributed by atoms with E-state index in [-0.39, 0.29) is 0 Å². The summed E-state index contributed by atoms with van der Waals surface area (Å²) in [6.45, 7) is 2.25. The van der Waals surface area contributed by atoms with Gasteiger partial charge in [-0.2, -0.15) is 4.98 Å². The molecule has 7 heteroatoms. The Balaban J connectivity index is 2.42. The van der Waals surface area contributed by atoms with E-state index in [4.69, 9.17) is 9.84 Å². The quantitative estimate of drug-likeness (QED) is 0.749. The minimum atomic E-state index is -2.17. The van der Waals surface area contributed by atoms with Crippen LogP contribution in [0.5, 0.6) is 0 Å². The number of rotatable bonds is 2. The van der Waals surface area contributed by atoms with E-state index in [1.807, 2.05) is 0 Å². The Morgan fingerprint density at radius 3 is 2.83 bits per heavy atom. The molecule has 1 aliphatic heterocycles. The lowest BCUT2D eigenvalue weighted by molar-refractivity contribution is -0.0611. The predicted octanol–water partition coefficient (Wildman–Crippen LogP) is -0.469. The molecule has 2 heterocycles. The van der Waals surface area contributed by atoms with Gasteiger partial charge in [-0.05, 0) is 19.9 Å². The summed E-state index contributed by atoms with van der Waals surface area (Å²) in [5.74, 6) is 0. The summed E-state index contributed by atoms with van der Waals surface area (Å²) in [6, 6.07) is 1.54. The highest BCUT2D eigenvalue weighted by atomic mass is 19.1. The van der Waals surface area contributed by atoms with E-state index >= 15 is 0 Å². The molecule has 0 amide bonds. The number of aliphatic hydroxyl groups excluding tert-OH is 2. The molecular weight excluding hydrogens is 243 g/mol. The fourth-order valence-corrected chi connectivity index (χ4v) is 2.04. The van der Waals surface area contributed by atoms with Gasteiger partial charge < -0.3 is 14.9 Å². The van der Waals surface area contributed by atoms with Crippen molar-refractivity contribution in [2.24, 2.45) is 0 Å². The molecule has 2 rings (SSSR count). The third-order valence-electron chi connectivity index (χ3n) is 3.12. The van der Waals surface area contributed by atoms with E-state index in [2.05, 4.69) is 4.98 Å². The summed E-state index contributed by atoms with van der Waals surface area (Å²) >= 11 is 0. The van der Waals surface area contributed by atoms with Crippen molar-refractivity contribution < 1.29 is 19.3 Å². The second-order valence-corrected chi connectivity index (χ2v) is 4.56. The van der Waals surface area contributed by atoms with E-state index in [1.54, 1.807) is 13.0 Å². The van der Waals surface area contributed by atoms with Crippen LogP contribution in [-0.2, 0) is 4.74 Å². The maximum absolute atomic E-state index is 14.4. The number of alkyl halides is 1. The molecule has 1 aromatic heterocycles. The molecule has 100 valence electrons. The third-order valence-corrected chi connectivity index (χ3v) is 3.12. The van der Waals surface area contributed by atoms with Crippen molar-refractivity contribution in [3.05, 3.63) is 28.4 Å². The summed E-state index contributed by atoms with van der Waals surface area (Å²) in [4.78, 5) is 15.4. The first-order chi connectivity index (χ1) is 8.37. The van der Waals surface area contributed by atoms with Crippen LogP contribution in [0.25, 0.3) is 0 Å². The molecule has 1 aromatic rings. The minimum absolute atomic E-state index is 0.508. The van der Waals surface area contributed by atoms with E-state index < -0.39 is 36.4 Å². The number of aryl methyl sites for hydroxylation is 1. The molecule has 0 aromatic carbocycles. The van der Waals surface area contributed by atoms with E-state index in [1.165, 1.54) is 6.20 Å². The highest BCUT2D eigenvalue weighted by molar-refractivity contribution is 5.03. The van der Waals surface area contributed by atoms with Crippen LogP contribution in [0.4, 0.5) is 4.39 Å². The van der Waals surface area contributed by atoms with E-state index in [0.29, 0.717) is 5.69 Å². The zero-order valence-corrected chi connectivity index (χ0v) is 10.1. The number of ether oxygens (including phenoxy) is 1. The molecule has 1 aliphatic rings. The SMILES string of the molecule is Cc1ccn([C@@H]2O[C@H](CO)[C@@H](O)[C@@]2(C)F)c(=O)n1. The molecule has 0 spiro atoms. The molecule has 0 bridgehead atoms.